The number of aliphatic hydroxyl groups is 1. The van der Waals surface area contributed by atoms with Crippen LogP contribution in [0.2, 0.25) is 0 Å². The molecule has 2 aromatic carbocycles. The monoisotopic (exact) mass is 365 g/mol. The zero-order valence-electron chi connectivity index (χ0n) is 16.0. The van der Waals surface area contributed by atoms with Gasteiger partial charge in [-0.05, 0) is 48.9 Å². The molecule has 4 nitrogen and oxygen atoms in total. The zero-order valence-corrected chi connectivity index (χ0v) is 16.0. The summed E-state index contributed by atoms with van der Waals surface area (Å²) in [5.41, 5.74) is 3.52. The third kappa shape index (κ3) is 3.46. The second-order valence-electron chi connectivity index (χ2n) is 8.07. The number of piperidine rings is 1. The minimum Gasteiger partial charge on any atom is -0.445 e. The van der Waals surface area contributed by atoms with Gasteiger partial charge in [-0.3, -0.25) is 0 Å². The Kier molecular flexibility index (Phi) is 4.68. The van der Waals surface area contributed by atoms with Crippen molar-refractivity contribution in [2.45, 2.75) is 63.8 Å². The summed E-state index contributed by atoms with van der Waals surface area (Å²) in [5.74, 6) is 0. The standard InChI is InChI=1S/C23H27NO3/c1-16-8-9-19(12-17(16)2)23(26)13-20-10-11-21(14-23)24(20)22(25)27-15-18-6-4-3-5-7-18/h3-9,12,20-21,26H,10-11,13-15H2,1-2H3. The van der Waals surface area contributed by atoms with E-state index in [-0.39, 0.29) is 24.8 Å². The van der Waals surface area contributed by atoms with Gasteiger partial charge in [0.25, 0.3) is 0 Å². The summed E-state index contributed by atoms with van der Waals surface area (Å²) in [4.78, 5) is 14.6. The van der Waals surface area contributed by atoms with Gasteiger partial charge in [0.05, 0.1) is 5.60 Å². The van der Waals surface area contributed by atoms with Gasteiger partial charge in [0, 0.05) is 24.9 Å². The second-order valence-corrected chi connectivity index (χ2v) is 8.07. The molecular formula is C23H27NO3. The molecule has 0 saturated carbocycles. The molecule has 4 rings (SSSR count). The Bertz CT molecular complexity index is 819. The van der Waals surface area contributed by atoms with Crippen molar-refractivity contribution in [1.82, 2.24) is 4.90 Å². The molecule has 2 saturated heterocycles. The maximum Gasteiger partial charge on any atom is 0.410 e. The Morgan fingerprint density at radius 2 is 1.74 bits per heavy atom. The van der Waals surface area contributed by atoms with E-state index < -0.39 is 5.60 Å². The van der Waals surface area contributed by atoms with Crippen LogP contribution in [0.3, 0.4) is 0 Å². The molecule has 4 heteroatoms. The normalized spacial score (nSPS) is 26.9. The number of aryl methyl sites for hydroxylation is 2. The quantitative estimate of drug-likeness (QED) is 0.874. The van der Waals surface area contributed by atoms with E-state index in [0.29, 0.717) is 12.8 Å². The summed E-state index contributed by atoms with van der Waals surface area (Å²) in [5, 5.41) is 11.4. The second kappa shape index (κ2) is 7.01. The van der Waals surface area contributed by atoms with Crippen LogP contribution in [0, 0.1) is 13.8 Å². The van der Waals surface area contributed by atoms with Gasteiger partial charge in [0.15, 0.2) is 0 Å². The predicted molar refractivity (Wildman–Crippen MR) is 104 cm³/mol. The van der Waals surface area contributed by atoms with E-state index in [4.69, 9.17) is 4.74 Å². The first kappa shape index (κ1) is 18.1. The summed E-state index contributed by atoms with van der Waals surface area (Å²) in [7, 11) is 0. The average Bonchev–Trinajstić information content (AvgIpc) is 2.95. The van der Waals surface area contributed by atoms with Crippen LogP contribution in [-0.4, -0.2) is 28.2 Å². The lowest BCUT2D eigenvalue weighted by Crippen LogP contribution is -2.52. The van der Waals surface area contributed by atoms with Crippen molar-refractivity contribution in [3.05, 3.63) is 70.8 Å². The lowest BCUT2D eigenvalue weighted by atomic mass is 9.80. The number of hydrogen-bond acceptors (Lipinski definition) is 3. The van der Waals surface area contributed by atoms with E-state index in [2.05, 4.69) is 26.0 Å². The lowest BCUT2D eigenvalue weighted by Gasteiger charge is -2.43. The molecule has 0 aromatic heterocycles. The fourth-order valence-electron chi connectivity index (χ4n) is 4.58. The Balaban J connectivity index is 1.46. The SMILES string of the molecule is Cc1ccc(C2(O)CC3CCC(C2)N3C(=O)OCc2ccccc2)cc1C. The van der Waals surface area contributed by atoms with Crippen LogP contribution < -0.4 is 0 Å². The molecule has 0 aliphatic carbocycles. The van der Waals surface area contributed by atoms with E-state index in [9.17, 15) is 9.90 Å². The molecule has 142 valence electrons. The van der Waals surface area contributed by atoms with Crippen LogP contribution in [0.4, 0.5) is 4.79 Å². The van der Waals surface area contributed by atoms with E-state index >= 15 is 0 Å². The first-order valence-corrected chi connectivity index (χ1v) is 9.75. The van der Waals surface area contributed by atoms with Crippen molar-refractivity contribution in [2.75, 3.05) is 0 Å². The Hall–Kier alpha value is -2.33. The van der Waals surface area contributed by atoms with Crippen molar-refractivity contribution in [3.63, 3.8) is 0 Å². The molecule has 2 fully saturated rings. The number of carbonyl (C=O) groups excluding carboxylic acids is 1. The molecule has 1 amide bonds. The van der Waals surface area contributed by atoms with Gasteiger partial charge >= 0.3 is 6.09 Å². The van der Waals surface area contributed by atoms with Crippen LogP contribution in [0.1, 0.15) is 47.9 Å². The van der Waals surface area contributed by atoms with E-state index in [1.807, 2.05) is 41.3 Å². The molecule has 2 aromatic rings. The van der Waals surface area contributed by atoms with E-state index in [1.165, 1.54) is 11.1 Å². The van der Waals surface area contributed by atoms with E-state index in [0.717, 1.165) is 24.0 Å². The number of fused-ring (bicyclic) bond motifs is 2. The largest absolute Gasteiger partial charge is 0.445 e. The third-order valence-electron chi connectivity index (χ3n) is 6.23. The van der Waals surface area contributed by atoms with Gasteiger partial charge in [-0.2, -0.15) is 0 Å². The first-order chi connectivity index (χ1) is 13.0. The van der Waals surface area contributed by atoms with Crippen molar-refractivity contribution >= 4 is 6.09 Å². The number of amides is 1. The van der Waals surface area contributed by atoms with Gasteiger partial charge in [0.1, 0.15) is 6.61 Å². The van der Waals surface area contributed by atoms with Crippen LogP contribution in [-0.2, 0) is 16.9 Å². The highest BCUT2D eigenvalue weighted by Crippen LogP contribution is 2.46. The summed E-state index contributed by atoms with van der Waals surface area (Å²) in [6.07, 6.45) is 2.75. The molecule has 2 bridgehead atoms. The topological polar surface area (TPSA) is 49.8 Å². The molecule has 2 atom stereocenters. The van der Waals surface area contributed by atoms with Gasteiger partial charge in [-0.1, -0.05) is 48.5 Å². The maximum absolute atomic E-state index is 12.7. The highest BCUT2D eigenvalue weighted by molar-refractivity contribution is 5.69. The number of nitrogens with zero attached hydrogens (tertiary/aromatic N) is 1. The Morgan fingerprint density at radius 3 is 2.37 bits per heavy atom. The zero-order chi connectivity index (χ0) is 19.0. The van der Waals surface area contributed by atoms with E-state index in [1.54, 1.807) is 0 Å². The summed E-state index contributed by atoms with van der Waals surface area (Å²) < 4.78 is 5.56. The lowest BCUT2D eigenvalue weighted by molar-refractivity contribution is -0.0537. The van der Waals surface area contributed by atoms with Gasteiger partial charge < -0.3 is 14.7 Å². The summed E-state index contributed by atoms with van der Waals surface area (Å²) in [6.45, 7) is 4.45. The molecule has 0 spiro atoms. The van der Waals surface area contributed by atoms with Gasteiger partial charge in [-0.25, -0.2) is 4.79 Å². The van der Waals surface area contributed by atoms with Crippen LogP contribution in [0.15, 0.2) is 48.5 Å². The number of benzene rings is 2. The number of carbonyl (C=O) groups is 1. The average molecular weight is 365 g/mol. The number of ether oxygens (including phenoxy) is 1. The Labute approximate surface area is 160 Å². The van der Waals surface area contributed by atoms with Crippen LogP contribution in [0.25, 0.3) is 0 Å². The van der Waals surface area contributed by atoms with Crippen LogP contribution >= 0.6 is 0 Å². The van der Waals surface area contributed by atoms with Crippen molar-refractivity contribution in [1.29, 1.82) is 0 Å². The maximum atomic E-state index is 12.7. The Morgan fingerprint density at radius 1 is 1.07 bits per heavy atom. The van der Waals surface area contributed by atoms with Crippen molar-refractivity contribution in [2.24, 2.45) is 0 Å². The fourth-order valence-corrected chi connectivity index (χ4v) is 4.58. The highest BCUT2D eigenvalue weighted by Gasteiger charge is 2.50. The first-order valence-electron chi connectivity index (χ1n) is 9.75. The third-order valence-corrected chi connectivity index (χ3v) is 6.23. The summed E-state index contributed by atoms with van der Waals surface area (Å²) in [6, 6.07) is 16.0. The molecule has 2 aliphatic heterocycles. The minimum atomic E-state index is -0.861. The van der Waals surface area contributed by atoms with Gasteiger partial charge in [-0.15, -0.1) is 0 Å². The number of rotatable bonds is 3. The van der Waals surface area contributed by atoms with Crippen molar-refractivity contribution in [3.8, 4) is 0 Å². The smallest absolute Gasteiger partial charge is 0.410 e. The molecule has 1 N–H and O–H groups in total. The molecule has 0 radical (unpaired) electrons. The highest BCUT2D eigenvalue weighted by atomic mass is 16.6. The fraction of sp³-hybridized carbons (Fsp3) is 0.435. The van der Waals surface area contributed by atoms with Crippen LogP contribution in [0.5, 0.6) is 0 Å². The minimum absolute atomic E-state index is 0.0404. The molecule has 2 heterocycles. The predicted octanol–water partition coefficient (Wildman–Crippen LogP) is 4.45. The van der Waals surface area contributed by atoms with Gasteiger partial charge in [0.2, 0.25) is 0 Å². The summed E-state index contributed by atoms with van der Waals surface area (Å²) >= 11 is 0. The number of hydrogen-bond donors (Lipinski definition) is 1. The van der Waals surface area contributed by atoms with Crippen molar-refractivity contribution < 1.29 is 14.6 Å². The molecule has 2 unspecified atom stereocenters. The molecular weight excluding hydrogens is 338 g/mol. The molecule has 2 aliphatic rings. The molecule has 27 heavy (non-hydrogen) atoms.